The van der Waals surface area contributed by atoms with Gasteiger partial charge in [-0.3, -0.25) is 38.1 Å². The number of carbonyl (C=O) groups excluding carboxylic acids is 7. The van der Waals surface area contributed by atoms with Gasteiger partial charge in [0.05, 0.1) is 105 Å². The lowest BCUT2D eigenvalue weighted by atomic mass is 9.81. The van der Waals surface area contributed by atoms with Crippen molar-refractivity contribution in [2.75, 3.05) is 19.3 Å². The number of aliphatic carboxylic acids is 1. The highest BCUT2D eigenvalue weighted by atomic mass is 32.2. The quantitative estimate of drug-likeness (QED) is 0.0123. The summed E-state index contributed by atoms with van der Waals surface area (Å²) < 4.78 is 101. The van der Waals surface area contributed by atoms with Crippen LogP contribution < -0.4 is 44.1 Å². The van der Waals surface area contributed by atoms with E-state index in [-0.39, 0.29) is 169 Å². The molecule has 3 aliphatic carbocycles. The zero-order chi connectivity index (χ0) is 102. The number of carboxylic acids is 1. The van der Waals surface area contributed by atoms with Gasteiger partial charge in [-0.05, 0) is 233 Å². The standard InChI is InChI=1S/C35H41FN4O7.C30H33FN4O5.C24H22FN3O4.C12H22O4.CH4O3S/c1-6-35(45)22-14-26-30-20(16-40(26)31(42)21(22)17-46-32(35)43)29-24(12-11-19-18(2)23(36)15-25(39-30)28(19)29)38-27(41)10-8-7-9-13-37-33(44)47-34(3,4)5;1-3-30(39)19-11-23-27-17(13-35(23)28(37)18(19)14-40-29(30)38)26-21(33-24(36)7-5-4-6-10-32)9-8-16-15(2)20(31)12-22(34-27)25(16)26;1-3-24(31)14-6-18-21-12(8-28(18)22(29)13(14)9-32-23(24)30)19-16(26)5-4-11-10(2)15(25)7-17(27-21)20(11)19;1-12(2,3)16-11(15)9-7-5-4-6-8-10(13)14;1-5(2,3)4/h14-15,24,45H,6-13,16-17H2,1-5H3,(H,37,44)(H,38,41);11-12,21,39H,3-10,13-14,32H2,1-2H3,(H,33,36);6-7,16,31H,3-5,8-9,26H2,1-2H3;4-9H2,1-3H3,(H,13,14);1H3,(H,2,3,4)/t24-,35-;21-,30-;16-,24-;;/m000../s1. The van der Waals surface area contributed by atoms with Crippen LogP contribution in [0.25, 0.3) is 66.9 Å². The molecule has 3 aromatic carbocycles. The number of carbonyl (C=O) groups is 8. The Morgan fingerprint density at radius 3 is 1.16 bits per heavy atom. The van der Waals surface area contributed by atoms with Crippen molar-refractivity contribution in [2.45, 2.75) is 316 Å². The maximum atomic E-state index is 15.2. The van der Waals surface area contributed by atoms with E-state index in [2.05, 4.69) is 16.0 Å². The number of hydrogen-bond acceptors (Lipinski definition) is 26. The van der Waals surface area contributed by atoms with Gasteiger partial charge in [0.2, 0.25) is 11.8 Å². The Bertz CT molecular complexity index is 6910. The van der Waals surface area contributed by atoms with Gasteiger partial charge in [0.1, 0.15) is 48.5 Å². The molecule has 6 aliphatic heterocycles. The summed E-state index contributed by atoms with van der Waals surface area (Å²) in [6.45, 7) is 22.3. The number of nitrogens with two attached hydrogens (primary N) is 2. The lowest BCUT2D eigenvalue weighted by Gasteiger charge is -2.31. The number of hydrogen-bond donors (Lipinski definition) is 10. The molecule has 0 radical (unpaired) electrons. The minimum absolute atomic E-state index is 0.0210. The maximum absolute atomic E-state index is 15.2. The Balaban J connectivity index is 0.000000153. The number of ether oxygens (including phenoxy) is 5. The maximum Gasteiger partial charge on any atom is 0.407 e. The van der Waals surface area contributed by atoms with E-state index < -0.39 is 68.1 Å². The highest BCUT2D eigenvalue weighted by Crippen LogP contribution is 2.51. The summed E-state index contributed by atoms with van der Waals surface area (Å²) in [6, 6.07) is 8.23. The van der Waals surface area contributed by atoms with Crippen LogP contribution >= 0.6 is 0 Å². The van der Waals surface area contributed by atoms with Crippen molar-refractivity contribution >= 4 is 90.6 Å². The number of nitrogens with zero attached hydrogens (tertiary/aromatic N) is 6. The molecule has 0 fully saturated rings. The molecule has 38 heteroatoms. The third-order valence-electron chi connectivity index (χ3n) is 27.6. The zero-order valence-electron chi connectivity index (χ0n) is 81.1. The van der Waals surface area contributed by atoms with Crippen LogP contribution in [-0.2, 0) is 143 Å². The van der Waals surface area contributed by atoms with Crippen molar-refractivity contribution in [1.29, 1.82) is 0 Å². The number of aryl methyl sites for hydroxylation is 3. The number of aliphatic hydroxyl groups is 3. The number of pyridine rings is 6. The molecule has 0 bridgehead atoms. The number of nitrogens with one attached hydrogen (secondary N) is 3. The second kappa shape index (κ2) is 40.8. The van der Waals surface area contributed by atoms with Crippen molar-refractivity contribution in [1.82, 2.24) is 44.6 Å². The molecule has 750 valence electrons. The molecule has 9 aliphatic rings. The number of rotatable bonds is 23. The first-order chi connectivity index (χ1) is 66.0. The van der Waals surface area contributed by atoms with Crippen molar-refractivity contribution < 1.29 is 109 Å². The minimum Gasteiger partial charge on any atom is -0.481 e. The van der Waals surface area contributed by atoms with Crippen LogP contribution in [0.15, 0.2) is 50.8 Å². The Morgan fingerprint density at radius 2 is 0.814 bits per heavy atom. The van der Waals surface area contributed by atoms with Crippen LogP contribution in [0.3, 0.4) is 0 Å². The molecule has 0 spiro atoms. The van der Waals surface area contributed by atoms with E-state index >= 15 is 8.78 Å². The summed E-state index contributed by atoms with van der Waals surface area (Å²) in [7, 11) is -3.67. The average Bonchev–Trinajstić information content (AvgIpc) is 1.55. The van der Waals surface area contributed by atoms with Gasteiger partial charge in [-0.1, -0.05) is 46.5 Å². The molecule has 140 heavy (non-hydrogen) atoms. The van der Waals surface area contributed by atoms with Crippen molar-refractivity contribution in [3.8, 4) is 34.2 Å². The molecule has 3 amide bonds. The lowest BCUT2D eigenvalue weighted by molar-refractivity contribution is -0.172. The van der Waals surface area contributed by atoms with Crippen LogP contribution in [0.2, 0.25) is 0 Å². The molecule has 18 rings (SSSR count). The van der Waals surface area contributed by atoms with Crippen LogP contribution in [0.5, 0.6) is 0 Å². The number of unbranched alkanes of at least 4 members (excludes halogenated alkanes) is 7. The fraction of sp³-hybridized carbons (Fsp3) is 0.510. The molecular weight excluding hydrogens is 1840 g/mol. The SMILES string of the molecule is CC(C)(C)OC(=O)CCCCCCC(=O)O.CC[C@@]1(O)C(=O)OCc2c1cc1n(c2=O)Cc2c-1nc1cc(F)c(C)c3c1c2[C@@H](N)CC3.CC[C@@]1(O)C(=O)OCc2c1cc1n(c2=O)Cc2c-1nc1cc(F)c(C)c3c1c2[C@@H](NC(=O)CCCCCN)CC3.CC[C@@]1(O)C(=O)OCc2c1cc1n(c2=O)Cc2c-1nc1cc(F)c(C)c3c1c2[C@@H](NC(=O)CCCCCNC(=O)OC(C)(C)C)CC3.CS(=O)(=O)O. The largest absolute Gasteiger partial charge is 0.481 e. The number of cyclic esters (lactones) is 3. The molecule has 9 aromatic rings. The second-order valence-corrected chi connectivity index (χ2v) is 40.8. The van der Waals surface area contributed by atoms with Gasteiger partial charge in [0, 0.05) is 106 Å². The predicted molar refractivity (Wildman–Crippen MR) is 510 cm³/mol. The fourth-order valence-corrected chi connectivity index (χ4v) is 20.5. The first kappa shape index (κ1) is 104. The molecule has 0 saturated heterocycles. The zero-order valence-corrected chi connectivity index (χ0v) is 81.9. The number of alkyl carbamates (subject to hydrolysis) is 1. The van der Waals surface area contributed by atoms with Gasteiger partial charge in [-0.25, -0.2) is 47.3 Å². The normalized spacial score (nSPS) is 19.4. The van der Waals surface area contributed by atoms with Gasteiger partial charge in [0.25, 0.3) is 26.8 Å². The average molecular weight is 1960 g/mol. The van der Waals surface area contributed by atoms with Gasteiger partial charge in [-0.2, -0.15) is 8.42 Å². The molecule has 0 saturated carbocycles. The highest BCUT2D eigenvalue weighted by Gasteiger charge is 2.50. The Labute approximate surface area is 806 Å². The number of esters is 4. The number of fused-ring (bicyclic) bond motifs is 15. The topological polar surface area (TPSA) is 511 Å². The summed E-state index contributed by atoms with van der Waals surface area (Å²) in [5.74, 6) is -4.52. The van der Waals surface area contributed by atoms with Gasteiger partial charge >= 0.3 is 35.9 Å². The molecule has 6 aromatic heterocycles. The van der Waals surface area contributed by atoms with E-state index in [1.54, 1.807) is 94.2 Å². The molecule has 12 N–H and O–H groups in total. The van der Waals surface area contributed by atoms with Crippen LogP contribution in [-0.4, -0.2) is 140 Å². The number of amides is 3. The molecule has 6 atom stereocenters. The molecular formula is C102H122F3N11O23S. The van der Waals surface area contributed by atoms with Crippen LogP contribution in [0.1, 0.15) is 309 Å². The Hall–Kier alpha value is -12.2. The van der Waals surface area contributed by atoms with Crippen LogP contribution in [0, 0.1) is 38.2 Å². The smallest absolute Gasteiger partial charge is 0.407 e. The molecule has 12 heterocycles. The monoisotopic (exact) mass is 1960 g/mol. The summed E-state index contributed by atoms with van der Waals surface area (Å²) in [5, 5.41) is 53.5. The summed E-state index contributed by atoms with van der Waals surface area (Å²) in [4.78, 5) is 152. The first-order valence-electron chi connectivity index (χ1n) is 47.8. The number of halogens is 3. The second-order valence-electron chi connectivity index (χ2n) is 39.4. The Kier molecular flexibility index (Phi) is 30.2. The summed E-state index contributed by atoms with van der Waals surface area (Å²) in [5.41, 5.74) is 19.4. The highest BCUT2D eigenvalue weighted by molar-refractivity contribution is 7.85. The van der Waals surface area contributed by atoms with Gasteiger partial charge < -0.3 is 85.2 Å². The van der Waals surface area contributed by atoms with E-state index in [4.69, 9.17) is 59.8 Å². The first-order valence-corrected chi connectivity index (χ1v) is 49.7. The van der Waals surface area contributed by atoms with Crippen molar-refractivity contribution in [3.63, 3.8) is 0 Å². The van der Waals surface area contributed by atoms with Crippen LogP contribution in [0.4, 0.5) is 18.0 Å². The van der Waals surface area contributed by atoms with E-state index in [0.717, 1.165) is 111 Å². The van der Waals surface area contributed by atoms with Gasteiger partial charge in [0.15, 0.2) is 16.8 Å². The number of aromatic nitrogens is 6. The van der Waals surface area contributed by atoms with Gasteiger partial charge in [-0.15, -0.1) is 0 Å². The number of benzene rings is 3. The summed E-state index contributed by atoms with van der Waals surface area (Å²) in [6.07, 6.45) is 13.1. The third kappa shape index (κ3) is 20.5. The van der Waals surface area contributed by atoms with E-state index in [1.165, 1.54) is 18.2 Å². The molecule has 0 unspecified atom stereocenters. The van der Waals surface area contributed by atoms with E-state index in [9.17, 15) is 80.9 Å². The predicted octanol–water partition coefficient (Wildman–Crippen LogP) is 12.6. The van der Waals surface area contributed by atoms with Crippen molar-refractivity contribution in [2.24, 2.45) is 11.5 Å². The molecule has 34 nitrogen and oxygen atoms in total. The lowest BCUT2D eigenvalue weighted by Crippen LogP contribution is -2.44. The van der Waals surface area contributed by atoms with E-state index in [1.807, 2.05) is 20.8 Å². The fourth-order valence-electron chi connectivity index (χ4n) is 20.5. The summed E-state index contributed by atoms with van der Waals surface area (Å²) >= 11 is 0. The third-order valence-corrected chi connectivity index (χ3v) is 27.6. The number of carboxylic acid groups (broad SMARTS) is 1. The Morgan fingerprint density at radius 1 is 0.486 bits per heavy atom. The van der Waals surface area contributed by atoms with E-state index in [0.29, 0.717) is 164 Å². The van der Waals surface area contributed by atoms with Crippen molar-refractivity contribution in [3.05, 3.63) is 185 Å². The minimum atomic E-state index is -3.67.